The van der Waals surface area contributed by atoms with Crippen LogP contribution >= 0.6 is 11.3 Å². The molecule has 0 saturated heterocycles. The summed E-state index contributed by atoms with van der Waals surface area (Å²) in [5, 5.41) is 9.88. The first-order chi connectivity index (χ1) is 18.8. The Morgan fingerprint density at radius 1 is 1.03 bits per heavy atom. The average molecular weight is 564 g/mol. The summed E-state index contributed by atoms with van der Waals surface area (Å²) in [4.78, 5) is 13.4. The number of rotatable bonds is 11. The molecule has 200 valence electrons. The molecule has 0 radical (unpaired) electrons. The molecule has 8 nitrogen and oxygen atoms in total. The minimum Gasteiger partial charge on any atom is -0.486 e. The van der Waals surface area contributed by atoms with Crippen molar-refractivity contribution < 1.29 is 17.5 Å². The van der Waals surface area contributed by atoms with E-state index in [-0.39, 0.29) is 18.1 Å². The zero-order valence-electron chi connectivity index (χ0n) is 21.1. The van der Waals surface area contributed by atoms with Gasteiger partial charge in [0.2, 0.25) is 0 Å². The Labute approximate surface area is 229 Å². The molecule has 0 aliphatic rings. The second-order valence-electron chi connectivity index (χ2n) is 8.93. The Morgan fingerprint density at radius 2 is 1.87 bits per heavy atom. The number of nitrogens with one attached hydrogen (secondary N) is 2. The minimum atomic E-state index is -3.01. The van der Waals surface area contributed by atoms with Crippen molar-refractivity contribution in [1.82, 2.24) is 20.3 Å². The SMILES string of the molecule is CS(=O)(=O)CCNCc1nc(-c2ccc3ncnc(Nc4ccc(OCc5ccccc5)c(F)c4)c3c2)cs1. The highest BCUT2D eigenvalue weighted by Crippen LogP contribution is 2.30. The van der Waals surface area contributed by atoms with Gasteiger partial charge in [0.25, 0.3) is 0 Å². The zero-order valence-corrected chi connectivity index (χ0v) is 22.7. The minimum absolute atomic E-state index is 0.0824. The van der Waals surface area contributed by atoms with E-state index in [0.717, 1.165) is 32.7 Å². The normalized spacial score (nSPS) is 11.5. The predicted octanol–water partition coefficient (Wildman–Crippen LogP) is 5.35. The van der Waals surface area contributed by atoms with Gasteiger partial charge in [-0.05, 0) is 29.8 Å². The van der Waals surface area contributed by atoms with Crippen LogP contribution in [0.3, 0.4) is 0 Å². The fourth-order valence-electron chi connectivity index (χ4n) is 3.86. The molecule has 2 heterocycles. The lowest BCUT2D eigenvalue weighted by Crippen LogP contribution is -2.21. The number of aromatic nitrogens is 3. The lowest BCUT2D eigenvalue weighted by molar-refractivity contribution is 0.290. The summed E-state index contributed by atoms with van der Waals surface area (Å²) in [5.74, 6) is 0.315. The summed E-state index contributed by atoms with van der Waals surface area (Å²) in [6, 6.07) is 20.1. The third kappa shape index (κ3) is 7.14. The van der Waals surface area contributed by atoms with Gasteiger partial charge in [-0.25, -0.2) is 27.8 Å². The zero-order chi connectivity index (χ0) is 27.2. The van der Waals surface area contributed by atoms with Gasteiger partial charge in [0.1, 0.15) is 33.6 Å². The van der Waals surface area contributed by atoms with Crippen LogP contribution in [-0.4, -0.2) is 41.9 Å². The predicted molar refractivity (Wildman–Crippen MR) is 153 cm³/mol. The monoisotopic (exact) mass is 563 g/mol. The summed E-state index contributed by atoms with van der Waals surface area (Å²) in [6.45, 7) is 1.13. The van der Waals surface area contributed by atoms with Crippen molar-refractivity contribution in [3.8, 4) is 17.0 Å². The Balaban J connectivity index is 1.30. The van der Waals surface area contributed by atoms with E-state index in [1.807, 2.05) is 53.9 Å². The van der Waals surface area contributed by atoms with Crippen molar-refractivity contribution >= 4 is 43.6 Å². The molecule has 0 amide bonds. The van der Waals surface area contributed by atoms with Crippen molar-refractivity contribution in [1.29, 1.82) is 0 Å². The first-order valence-electron chi connectivity index (χ1n) is 12.2. The van der Waals surface area contributed by atoms with E-state index in [1.54, 1.807) is 12.1 Å². The highest BCUT2D eigenvalue weighted by atomic mass is 32.2. The van der Waals surface area contributed by atoms with Gasteiger partial charge in [-0.1, -0.05) is 36.4 Å². The number of sulfone groups is 1. The topological polar surface area (TPSA) is 106 Å². The van der Waals surface area contributed by atoms with Gasteiger partial charge in [-0.2, -0.15) is 0 Å². The van der Waals surface area contributed by atoms with Crippen LogP contribution in [-0.2, 0) is 23.0 Å². The summed E-state index contributed by atoms with van der Waals surface area (Å²) < 4.78 is 43.0. The molecular weight excluding hydrogens is 537 g/mol. The van der Waals surface area contributed by atoms with E-state index in [9.17, 15) is 12.8 Å². The van der Waals surface area contributed by atoms with E-state index < -0.39 is 15.7 Å². The van der Waals surface area contributed by atoms with Crippen LogP contribution in [0.2, 0.25) is 0 Å². The molecule has 2 aromatic heterocycles. The molecule has 39 heavy (non-hydrogen) atoms. The van der Waals surface area contributed by atoms with Gasteiger partial charge in [0.15, 0.2) is 11.6 Å². The van der Waals surface area contributed by atoms with Crippen molar-refractivity contribution in [3.05, 3.63) is 94.8 Å². The highest BCUT2D eigenvalue weighted by molar-refractivity contribution is 7.90. The molecule has 0 saturated carbocycles. The van der Waals surface area contributed by atoms with Gasteiger partial charge in [0.05, 0.1) is 17.0 Å². The van der Waals surface area contributed by atoms with E-state index in [4.69, 9.17) is 4.74 Å². The number of thiazole rings is 1. The molecule has 0 unspecified atom stereocenters. The molecule has 0 spiro atoms. The molecule has 11 heteroatoms. The first kappa shape index (κ1) is 26.7. The van der Waals surface area contributed by atoms with Crippen LogP contribution in [0.4, 0.5) is 15.9 Å². The molecule has 0 aliphatic heterocycles. The summed E-state index contributed by atoms with van der Waals surface area (Å²) >= 11 is 1.50. The van der Waals surface area contributed by atoms with E-state index >= 15 is 0 Å². The maximum atomic E-state index is 14.8. The summed E-state index contributed by atoms with van der Waals surface area (Å²) in [5.41, 5.74) is 3.90. The Bertz CT molecular complexity index is 1690. The van der Waals surface area contributed by atoms with Crippen molar-refractivity contribution in [2.45, 2.75) is 13.2 Å². The van der Waals surface area contributed by atoms with E-state index in [1.165, 1.54) is 30.0 Å². The Kier molecular flexibility index (Phi) is 8.10. The molecule has 0 fully saturated rings. The standard InChI is InChI=1S/C28H26FN5O3S2/c1-39(35,36)12-11-30-15-27-34-25(17-38-27)20-7-9-24-22(13-20)28(32-18-31-24)33-21-8-10-26(23(29)14-21)37-16-19-5-3-2-4-6-19/h2-10,13-14,17-18,30H,11-12,15-16H2,1H3,(H,31,32,33). The van der Waals surface area contributed by atoms with Crippen molar-refractivity contribution in [2.75, 3.05) is 23.9 Å². The maximum Gasteiger partial charge on any atom is 0.167 e. The molecular formula is C28H26FN5O3S2. The molecule has 3 aromatic carbocycles. The molecule has 0 bridgehead atoms. The maximum absolute atomic E-state index is 14.8. The van der Waals surface area contributed by atoms with Crippen LogP contribution in [0.5, 0.6) is 5.75 Å². The van der Waals surface area contributed by atoms with E-state index in [0.29, 0.717) is 24.6 Å². The summed E-state index contributed by atoms with van der Waals surface area (Å²) in [7, 11) is -3.01. The van der Waals surface area contributed by atoms with Crippen LogP contribution in [0.25, 0.3) is 22.2 Å². The van der Waals surface area contributed by atoms with Gasteiger partial charge in [-0.15, -0.1) is 11.3 Å². The van der Waals surface area contributed by atoms with Gasteiger partial charge >= 0.3 is 0 Å². The quantitative estimate of drug-likeness (QED) is 0.207. The lowest BCUT2D eigenvalue weighted by atomic mass is 10.1. The molecule has 0 aliphatic carbocycles. The molecule has 5 aromatic rings. The van der Waals surface area contributed by atoms with Crippen molar-refractivity contribution in [3.63, 3.8) is 0 Å². The number of fused-ring (bicyclic) bond motifs is 1. The largest absolute Gasteiger partial charge is 0.486 e. The second-order valence-corrected chi connectivity index (χ2v) is 12.1. The van der Waals surface area contributed by atoms with Gasteiger partial charge in [-0.3, -0.25) is 0 Å². The van der Waals surface area contributed by atoms with Crippen LogP contribution in [0, 0.1) is 5.82 Å². The van der Waals surface area contributed by atoms with E-state index in [2.05, 4.69) is 25.6 Å². The molecule has 0 atom stereocenters. The number of nitrogens with zero attached hydrogens (tertiary/aromatic N) is 3. The third-order valence-corrected chi connectivity index (χ3v) is 7.63. The number of anilines is 2. The van der Waals surface area contributed by atoms with Gasteiger partial charge < -0.3 is 15.4 Å². The fourth-order valence-corrected chi connectivity index (χ4v) is 5.15. The lowest BCUT2D eigenvalue weighted by Gasteiger charge is -2.12. The first-order valence-corrected chi connectivity index (χ1v) is 15.1. The molecule has 2 N–H and O–H groups in total. The van der Waals surface area contributed by atoms with Gasteiger partial charge in [0, 0.05) is 47.4 Å². The van der Waals surface area contributed by atoms with Crippen LogP contribution < -0.4 is 15.4 Å². The second kappa shape index (κ2) is 11.9. The Hall–Kier alpha value is -3.93. The number of ether oxygens (including phenoxy) is 1. The van der Waals surface area contributed by atoms with Crippen LogP contribution in [0.1, 0.15) is 10.6 Å². The number of hydrogen-bond donors (Lipinski definition) is 2. The molecule has 5 rings (SSSR count). The number of halogens is 1. The summed E-state index contributed by atoms with van der Waals surface area (Å²) in [6.07, 6.45) is 2.68. The number of benzene rings is 3. The average Bonchev–Trinajstić information content (AvgIpc) is 3.40. The number of hydrogen-bond acceptors (Lipinski definition) is 9. The highest BCUT2D eigenvalue weighted by Gasteiger charge is 2.11. The fraction of sp³-hybridized carbons (Fsp3) is 0.179. The Morgan fingerprint density at radius 3 is 2.67 bits per heavy atom. The smallest absolute Gasteiger partial charge is 0.167 e. The third-order valence-electron chi connectivity index (χ3n) is 5.84. The van der Waals surface area contributed by atoms with Crippen molar-refractivity contribution in [2.24, 2.45) is 0 Å². The van der Waals surface area contributed by atoms with Crippen LogP contribution in [0.15, 0.2) is 78.4 Å².